The Bertz CT molecular complexity index is 476. The number of rotatable bonds is 4. The summed E-state index contributed by atoms with van der Waals surface area (Å²) < 4.78 is 4.51. The Balaban J connectivity index is 2.83. The van der Waals surface area contributed by atoms with Gasteiger partial charge in [-0.3, -0.25) is 9.59 Å². The number of nitrogens with zero attached hydrogens (tertiary/aromatic N) is 3. The van der Waals surface area contributed by atoms with Crippen molar-refractivity contribution >= 4 is 11.9 Å². The molecule has 1 aromatic heterocycles. The standard InChI is InChI=1S/C12H13N3O3/c1-3-15(8-11(16)18-2)12(17)10-5-4-9(6-13)7-14-10/h4-5,7H,3,8H2,1-2H3. The molecule has 0 saturated heterocycles. The molecule has 0 fully saturated rings. The Kier molecular flexibility index (Phi) is 4.81. The quantitative estimate of drug-likeness (QED) is 0.727. The predicted molar refractivity (Wildman–Crippen MR) is 62.5 cm³/mol. The summed E-state index contributed by atoms with van der Waals surface area (Å²) >= 11 is 0. The van der Waals surface area contributed by atoms with Crippen molar-refractivity contribution in [2.45, 2.75) is 6.92 Å². The molecule has 0 radical (unpaired) electrons. The van der Waals surface area contributed by atoms with Crippen molar-refractivity contribution in [2.75, 3.05) is 20.2 Å². The van der Waals surface area contributed by atoms with Gasteiger partial charge < -0.3 is 9.64 Å². The highest BCUT2D eigenvalue weighted by Crippen LogP contribution is 2.04. The molecule has 0 unspecified atom stereocenters. The van der Waals surface area contributed by atoms with Crippen LogP contribution in [0.15, 0.2) is 18.3 Å². The number of carbonyl (C=O) groups excluding carboxylic acids is 2. The first-order valence-electron chi connectivity index (χ1n) is 5.34. The third-order valence-corrected chi connectivity index (χ3v) is 2.33. The van der Waals surface area contributed by atoms with Crippen LogP contribution in [0.3, 0.4) is 0 Å². The number of carbonyl (C=O) groups is 2. The van der Waals surface area contributed by atoms with Crippen LogP contribution in [-0.2, 0) is 9.53 Å². The van der Waals surface area contributed by atoms with Crippen molar-refractivity contribution in [3.05, 3.63) is 29.6 Å². The minimum atomic E-state index is -0.487. The number of likely N-dealkylation sites (N-methyl/N-ethyl adjacent to an activating group) is 1. The summed E-state index contributed by atoms with van der Waals surface area (Å²) in [7, 11) is 1.26. The van der Waals surface area contributed by atoms with Crippen LogP contribution in [0.2, 0.25) is 0 Å². The summed E-state index contributed by atoms with van der Waals surface area (Å²) in [6, 6.07) is 4.88. The number of hydrogen-bond donors (Lipinski definition) is 0. The number of pyridine rings is 1. The summed E-state index contributed by atoms with van der Waals surface area (Å²) in [6.45, 7) is 2.01. The first-order chi connectivity index (χ1) is 8.62. The third-order valence-electron chi connectivity index (χ3n) is 2.33. The third kappa shape index (κ3) is 3.28. The summed E-state index contributed by atoms with van der Waals surface area (Å²) in [5.74, 6) is -0.855. The number of methoxy groups -OCH3 is 1. The zero-order valence-corrected chi connectivity index (χ0v) is 10.2. The van der Waals surface area contributed by atoms with Crippen LogP contribution < -0.4 is 0 Å². The average molecular weight is 247 g/mol. The lowest BCUT2D eigenvalue weighted by Crippen LogP contribution is -2.36. The van der Waals surface area contributed by atoms with Gasteiger partial charge in [0.15, 0.2) is 0 Å². The van der Waals surface area contributed by atoms with Gasteiger partial charge in [-0.2, -0.15) is 5.26 Å². The molecule has 6 nitrogen and oxygen atoms in total. The Hall–Kier alpha value is -2.42. The number of amides is 1. The molecule has 94 valence electrons. The maximum atomic E-state index is 12.0. The molecule has 1 aromatic rings. The highest BCUT2D eigenvalue weighted by molar-refractivity contribution is 5.94. The Morgan fingerprint density at radius 3 is 2.67 bits per heavy atom. The molecule has 0 aliphatic rings. The van der Waals surface area contributed by atoms with E-state index in [0.29, 0.717) is 12.1 Å². The monoisotopic (exact) mass is 247 g/mol. The maximum Gasteiger partial charge on any atom is 0.325 e. The number of nitriles is 1. The van der Waals surface area contributed by atoms with Gasteiger partial charge in [-0.15, -0.1) is 0 Å². The lowest BCUT2D eigenvalue weighted by atomic mass is 10.2. The van der Waals surface area contributed by atoms with Gasteiger partial charge in [0, 0.05) is 12.7 Å². The van der Waals surface area contributed by atoms with E-state index in [2.05, 4.69) is 9.72 Å². The van der Waals surface area contributed by atoms with Crippen molar-refractivity contribution < 1.29 is 14.3 Å². The van der Waals surface area contributed by atoms with Crippen molar-refractivity contribution in [2.24, 2.45) is 0 Å². The van der Waals surface area contributed by atoms with Gasteiger partial charge in [0.1, 0.15) is 18.3 Å². The van der Waals surface area contributed by atoms with Crippen molar-refractivity contribution in [3.8, 4) is 6.07 Å². The van der Waals surface area contributed by atoms with E-state index in [1.54, 1.807) is 6.92 Å². The number of aromatic nitrogens is 1. The molecular formula is C12H13N3O3. The van der Waals surface area contributed by atoms with E-state index in [-0.39, 0.29) is 18.1 Å². The topological polar surface area (TPSA) is 83.3 Å². The molecule has 0 spiro atoms. The molecule has 0 aliphatic carbocycles. The Labute approximate surface area is 105 Å². The number of hydrogen-bond acceptors (Lipinski definition) is 5. The van der Waals surface area contributed by atoms with Gasteiger partial charge in [0.2, 0.25) is 0 Å². The van der Waals surface area contributed by atoms with Crippen LogP contribution in [0.4, 0.5) is 0 Å². The number of esters is 1. The van der Waals surface area contributed by atoms with Gasteiger partial charge in [-0.05, 0) is 19.1 Å². The Morgan fingerprint density at radius 1 is 1.50 bits per heavy atom. The first-order valence-corrected chi connectivity index (χ1v) is 5.34. The smallest absolute Gasteiger partial charge is 0.325 e. The van der Waals surface area contributed by atoms with Crippen LogP contribution in [0.1, 0.15) is 23.0 Å². The van der Waals surface area contributed by atoms with Gasteiger partial charge in [-0.1, -0.05) is 0 Å². The van der Waals surface area contributed by atoms with Crippen LogP contribution in [0, 0.1) is 11.3 Å². The lowest BCUT2D eigenvalue weighted by molar-refractivity contribution is -0.141. The van der Waals surface area contributed by atoms with Crippen LogP contribution in [-0.4, -0.2) is 42.0 Å². The molecule has 0 atom stereocenters. The van der Waals surface area contributed by atoms with Gasteiger partial charge in [-0.25, -0.2) is 4.98 Å². The molecule has 6 heteroatoms. The fourth-order valence-corrected chi connectivity index (χ4v) is 1.30. The van der Waals surface area contributed by atoms with Crippen LogP contribution >= 0.6 is 0 Å². The normalized spacial score (nSPS) is 9.39. The molecule has 0 N–H and O–H groups in total. The zero-order chi connectivity index (χ0) is 13.5. The maximum absolute atomic E-state index is 12.0. The molecule has 1 amide bonds. The largest absolute Gasteiger partial charge is 0.468 e. The van der Waals surface area contributed by atoms with Crippen molar-refractivity contribution in [1.82, 2.24) is 9.88 Å². The molecule has 0 aliphatic heterocycles. The van der Waals surface area contributed by atoms with E-state index >= 15 is 0 Å². The zero-order valence-electron chi connectivity index (χ0n) is 10.2. The van der Waals surface area contributed by atoms with E-state index in [1.807, 2.05) is 6.07 Å². The van der Waals surface area contributed by atoms with Gasteiger partial charge in [0.05, 0.1) is 12.7 Å². The second-order valence-corrected chi connectivity index (χ2v) is 3.44. The predicted octanol–water partition coefficient (Wildman–Crippen LogP) is 0.588. The van der Waals surface area contributed by atoms with Gasteiger partial charge in [0.25, 0.3) is 5.91 Å². The lowest BCUT2D eigenvalue weighted by Gasteiger charge is -2.18. The van der Waals surface area contributed by atoms with E-state index < -0.39 is 5.97 Å². The van der Waals surface area contributed by atoms with E-state index in [0.717, 1.165) is 0 Å². The van der Waals surface area contributed by atoms with E-state index in [9.17, 15) is 9.59 Å². The fraction of sp³-hybridized carbons (Fsp3) is 0.333. The molecule has 0 aromatic carbocycles. The summed E-state index contributed by atoms with van der Waals surface area (Å²) in [5, 5.41) is 8.63. The minimum absolute atomic E-state index is 0.118. The van der Waals surface area contributed by atoms with E-state index in [4.69, 9.17) is 5.26 Å². The van der Waals surface area contributed by atoms with Crippen LogP contribution in [0.5, 0.6) is 0 Å². The SMILES string of the molecule is CCN(CC(=O)OC)C(=O)c1ccc(C#N)cn1. The fourth-order valence-electron chi connectivity index (χ4n) is 1.30. The summed E-state index contributed by atoms with van der Waals surface area (Å²) in [4.78, 5) is 28.3. The molecule has 1 heterocycles. The summed E-state index contributed by atoms with van der Waals surface area (Å²) in [5.41, 5.74) is 0.572. The second kappa shape index (κ2) is 6.35. The second-order valence-electron chi connectivity index (χ2n) is 3.44. The minimum Gasteiger partial charge on any atom is -0.468 e. The summed E-state index contributed by atoms with van der Waals surface area (Å²) in [6.07, 6.45) is 1.32. The van der Waals surface area contributed by atoms with Crippen molar-refractivity contribution in [3.63, 3.8) is 0 Å². The van der Waals surface area contributed by atoms with E-state index in [1.165, 1.54) is 30.3 Å². The Morgan fingerprint density at radius 2 is 2.22 bits per heavy atom. The number of ether oxygens (including phenoxy) is 1. The molecule has 0 saturated carbocycles. The molecule has 18 heavy (non-hydrogen) atoms. The van der Waals surface area contributed by atoms with Gasteiger partial charge >= 0.3 is 5.97 Å². The van der Waals surface area contributed by atoms with Crippen molar-refractivity contribution in [1.29, 1.82) is 5.26 Å². The molecular weight excluding hydrogens is 234 g/mol. The highest BCUT2D eigenvalue weighted by Gasteiger charge is 2.18. The van der Waals surface area contributed by atoms with Crippen LogP contribution in [0.25, 0.3) is 0 Å². The average Bonchev–Trinajstić information content (AvgIpc) is 2.43. The first kappa shape index (κ1) is 13.6. The molecule has 1 rings (SSSR count). The highest BCUT2D eigenvalue weighted by atomic mass is 16.5. The molecule has 0 bridgehead atoms.